The lowest BCUT2D eigenvalue weighted by atomic mass is 10.2. The Kier molecular flexibility index (Phi) is 4.45. The molecule has 0 aliphatic carbocycles. The van der Waals surface area contributed by atoms with E-state index in [2.05, 4.69) is 10.3 Å². The van der Waals surface area contributed by atoms with Crippen LogP contribution in [0.15, 0.2) is 12.3 Å². The molecule has 1 rings (SSSR count). The van der Waals surface area contributed by atoms with Crippen LogP contribution in [0.2, 0.25) is 0 Å². The SMILES string of the molecule is CNc1cc(C)ncc1C(=O)N(C)CC(C)O. The number of aromatic nitrogens is 1. The molecule has 5 nitrogen and oxygen atoms in total. The van der Waals surface area contributed by atoms with E-state index in [4.69, 9.17) is 0 Å². The van der Waals surface area contributed by atoms with Crippen LogP contribution in [-0.4, -0.2) is 47.6 Å². The van der Waals surface area contributed by atoms with Crippen molar-refractivity contribution in [2.45, 2.75) is 20.0 Å². The first-order valence-corrected chi connectivity index (χ1v) is 5.53. The number of rotatable bonds is 4. The topological polar surface area (TPSA) is 65.5 Å². The Hall–Kier alpha value is -1.62. The van der Waals surface area contributed by atoms with E-state index in [1.165, 1.54) is 4.90 Å². The number of pyridine rings is 1. The summed E-state index contributed by atoms with van der Waals surface area (Å²) in [5.74, 6) is -0.150. The van der Waals surface area contributed by atoms with Gasteiger partial charge in [0.1, 0.15) is 0 Å². The maximum absolute atomic E-state index is 12.1. The third kappa shape index (κ3) is 3.42. The zero-order chi connectivity index (χ0) is 13.0. The number of hydrogen-bond acceptors (Lipinski definition) is 4. The third-order valence-electron chi connectivity index (χ3n) is 2.43. The van der Waals surface area contributed by atoms with Crippen molar-refractivity contribution >= 4 is 11.6 Å². The van der Waals surface area contributed by atoms with Gasteiger partial charge in [0.05, 0.1) is 17.4 Å². The molecule has 1 aromatic heterocycles. The Morgan fingerprint density at radius 1 is 1.65 bits per heavy atom. The summed E-state index contributed by atoms with van der Waals surface area (Å²) in [5, 5.41) is 12.2. The lowest BCUT2D eigenvalue weighted by molar-refractivity contribution is 0.0704. The molecule has 17 heavy (non-hydrogen) atoms. The van der Waals surface area contributed by atoms with Crippen molar-refractivity contribution in [1.29, 1.82) is 0 Å². The van der Waals surface area contributed by atoms with E-state index in [0.717, 1.165) is 11.4 Å². The number of nitrogens with one attached hydrogen (secondary N) is 1. The molecule has 0 aliphatic heterocycles. The van der Waals surface area contributed by atoms with Crippen LogP contribution in [0.3, 0.4) is 0 Å². The van der Waals surface area contributed by atoms with Gasteiger partial charge in [-0.3, -0.25) is 9.78 Å². The lowest BCUT2D eigenvalue weighted by Crippen LogP contribution is -2.33. The van der Waals surface area contributed by atoms with Crippen LogP contribution in [0.4, 0.5) is 5.69 Å². The summed E-state index contributed by atoms with van der Waals surface area (Å²) in [7, 11) is 3.43. The second-order valence-electron chi connectivity index (χ2n) is 4.16. The van der Waals surface area contributed by atoms with Gasteiger partial charge in [-0.05, 0) is 19.9 Å². The summed E-state index contributed by atoms with van der Waals surface area (Å²) in [6, 6.07) is 1.82. The molecule has 0 aromatic carbocycles. The molecule has 1 heterocycles. The van der Waals surface area contributed by atoms with Crippen molar-refractivity contribution in [1.82, 2.24) is 9.88 Å². The minimum absolute atomic E-state index is 0.150. The molecule has 1 unspecified atom stereocenters. The summed E-state index contributed by atoms with van der Waals surface area (Å²) in [5.41, 5.74) is 2.12. The monoisotopic (exact) mass is 237 g/mol. The fraction of sp³-hybridized carbons (Fsp3) is 0.500. The molecule has 1 atom stereocenters. The average Bonchev–Trinajstić information content (AvgIpc) is 2.27. The average molecular weight is 237 g/mol. The van der Waals surface area contributed by atoms with Crippen molar-refractivity contribution in [3.05, 3.63) is 23.5 Å². The zero-order valence-corrected chi connectivity index (χ0v) is 10.7. The van der Waals surface area contributed by atoms with E-state index in [1.54, 1.807) is 27.2 Å². The summed E-state index contributed by atoms with van der Waals surface area (Å²) >= 11 is 0. The van der Waals surface area contributed by atoms with Crippen LogP contribution in [0.1, 0.15) is 23.0 Å². The smallest absolute Gasteiger partial charge is 0.257 e. The molecule has 0 spiro atoms. The van der Waals surface area contributed by atoms with Crippen LogP contribution in [0.25, 0.3) is 0 Å². The highest BCUT2D eigenvalue weighted by Crippen LogP contribution is 2.16. The van der Waals surface area contributed by atoms with E-state index >= 15 is 0 Å². The van der Waals surface area contributed by atoms with E-state index in [0.29, 0.717) is 12.1 Å². The van der Waals surface area contributed by atoms with Crippen molar-refractivity contribution in [2.24, 2.45) is 0 Å². The van der Waals surface area contributed by atoms with Gasteiger partial charge in [-0.15, -0.1) is 0 Å². The van der Waals surface area contributed by atoms with Crippen LogP contribution in [-0.2, 0) is 0 Å². The molecular formula is C12H19N3O2. The van der Waals surface area contributed by atoms with Crippen LogP contribution >= 0.6 is 0 Å². The number of amides is 1. The standard InChI is InChI=1S/C12H19N3O2/c1-8-5-11(13-3)10(6-14-8)12(17)15(4)7-9(2)16/h5-6,9,16H,7H2,1-4H3,(H,13,14). The van der Waals surface area contributed by atoms with Gasteiger partial charge in [-0.25, -0.2) is 0 Å². The van der Waals surface area contributed by atoms with Crippen LogP contribution < -0.4 is 5.32 Å². The summed E-state index contributed by atoms with van der Waals surface area (Å²) in [6.45, 7) is 3.82. The summed E-state index contributed by atoms with van der Waals surface area (Å²) < 4.78 is 0. The number of likely N-dealkylation sites (N-methyl/N-ethyl adjacent to an activating group) is 1. The molecular weight excluding hydrogens is 218 g/mol. The number of aryl methyl sites for hydroxylation is 1. The molecule has 0 saturated carbocycles. The van der Waals surface area contributed by atoms with Gasteiger partial charge < -0.3 is 15.3 Å². The molecule has 1 aromatic rings. The molecule has 1 amide bonds. The van der Waals surface area contributed by atoms with Crippen LogP contribution in [0.5, 0.6) is 0 Å². The number of anilines is 1. The second kappa shape index (κ2) is 5.63. The Bertz CT molecular complexity index is 405. The Balaban J connectivity index is 2.95. The number of carbonyl (C=O) groups excluding carboxylic acids is 1. The first kappa shape index (κ1) is 13.4. The van der Waals surface area contributed by atoms with Gasteiger partial charge >= 0.3 is 0 Å². The predicted octanol–water partition coefficient (Wildman–Crippen LogP) is 0.885. The maximum atomic E-state index is 12.1. The van der Waals surface area contributed by atoms with E-state index in [-0.39, 0.29) is 5.91 Å². The largest absolute Gasteiger partial charge is 0.392 e. The Morgan fingerprint density at radius 2 is 2.29 bits per heavy atom. The molecule has 5 heteroatoms. The highest BCUT2D eigenvalue weighted by atomic mass is 16.3. The second-order valence-corrected chi connectivity index (χ2v) is 4.16. The first-order chi connectivity index (χ1) is 7.95. The molecule has 0 fully saturated rings. The third-order valence-corrected chi connectivity index (χ3v) is 2.43. The Morgan fingerprint density at radius 3 is 2.82 bits per heavy atom. The van der Waals surface area contributed by atoms with Crippen molar-refractivity contribution in [3.63, 3.8) is 0 Å². The zero-order valence-electron chi connectivity index (χ0n) is 10.7. The van der Waals surface area contributed by atoms with Gasteiger partial charge in [0, 0.05) is 32.5 Å². The predicted molar refractivity (Wildman–Crippen MR) is 67.2 cm³/mol. The molecule has 0 bridgehead atoms. The maximum Gasteiger partial charge on any atom is 0.257 e. The van der Waals surface area contributed by atoms with E-state index in [9.17, 15) is 9.90 Å². The molecule has 94 valence electrons. The number of nitrogens with zero attached hydrogens (tertiary/aromatic N) is 2. The van der Waals surface area contributed by atoms with Crippen LogP contribution in [0, 0.1) is 6.92 Å². The first-order valence-electron chi connectivity index (χ1n) is 5.53. The van der Waals surface area contributed by atoms with Crippen molar-refractivity contribution < 1.29 is 9.90 Å². The van der Waals surface area contributed by atoms with E-state index < -0.39 is 6.10 Å². The quantitative estimate of drug-likeness (QED) is 0.816. The van der Waals surface area contributed by atoms with Gasteiger partial charge in [-0.1, -0.05) is 0 Å². The summed E-state index contributed by atoms with van der Waals surface area (Å²) in [6.07, 6.45) is 1.02. The Labute approximate surface area is 101 Å². The number of aliphatic hydroxyl groups excluding tert-OH is 1. The summed E-state index contributed by atoms with van der Waals surface area (Å²) in [4.78, 5) is 17.7. The highest BCUT2D eigenvalue weighted by molar-refractivity contribution is 5.99. The highest BCUT2D eigenvalue weighted by Gasteiger charge is 2.17. The molecule has 2 N–H and O–H groups in total. The molecule has 0 radical (unpaired) electrons. The van der Waals surface area contributed by atoms with Crippen molar-refractivity contribution in [3.8, 4) is 0 Å². The normalized spacial score (nSPS) is 12.1. The molecule has 0 aliphatic rings. The van der Waals surface area contributed by atoms with Gasteiger partial charge in [-0.2, -0.15) is 0 Å². The number of aliphatic hydroxyl groups is 1. The lowest BCUT2D eigenvalue weighted by Gasteiger charge is -2.20. The van der Waals surface area contributed by atoms with Gasteiger partial charge in [0.15, 0.2) is 0 Å². The van der Waals surface area contributed by atoms with E-state index in [1.807, 2.05) is 13.0 Å². The van der Waals surface area contributed by atoms with Gasteiger partial charge in [0.25, 0.3) is 5.91 Å². The number of hydrogen-bond donors (Lipinski definition) is 2. The fourth-order valence-electron chi connectivity index (χ4n) is 1.62. The minimum atomic E-state index is -0.541. The molecule has 0 saturated heterocycles. The fourth-order valence-corrected chi connectivity index (χ4v) is 1.62. The van der Waals surface area contributed by atoms with Gasteiger partial charge in [0.2, 0.25) is 0 Å². The van der Waals surface area contributed by atoms with Crippen molar-refractivity contribution in [2.75, 3.05) is 26.0 Å². The number of carbonyl (C=O) groups is 1. The minimum Gasteiger partial charge on any atom is -0.392 e.